The van der Waals surface area contributed by atoms with Gasteiger partial charge in [0.1, 0.15) is 0 Å². The van der Waals surface area contributed by atoms with Gasteiger partial charge in [0, 0.05) is 33.7 Å². The van der Waals surface area contributed by atoms with Gasteiger partial charge in [0.25, 0.3) is 0 Å². The van der Waals surface area contributed by atoms with E-state index < -0.39 is 0 Å². The van der Waals surface area contributed by atoms with Crippen molar-refractivity contribution in [3.05, 3.63) is 35.9 Å². The molecule has 2 aliphatic heterocycles. The van der Waals surface area contributed by atoms with Crippen molar-refractivity contribution in [1.29, 1.82) is 0 Å². The van der Waals surface area contributed by atoms with E-state index in [4.69, 9.17) is 0 Å². The Labute approximate surface area is 125 Å². The molecule has 2 heterocycles. The maximum absolute atomic E-state index is 12.3. The van der Waals surface area contributed by atoms with E-state index in [9.17, 15) is 4.79 Å². The lowest BCUT2D eigenvalue weighted by atomic mass is 9.90. The Morgan fingerprint density at radius 2 is 2.10 bits per heavy atom. The second-order valence-electron chi connectivity index (χ2n) is 6.02. The van der Waals surface area contributed by atoms with Crippen LogP contribution in [0.25, 0.3) is 0 Å². The SMILES string of the molecule is CN(C)C1=N[C@H]2CCN(Cc3ccccc3)C[C@@H]2C(=O)N1. The van der Waals surface area contributed by atoms with Crippen LogP contribution in [0.5, 0.6) is 0 Å². The van der Waals surface area contributed by atoms with Crippen LogP contribution in [0.4, 0.5) is 0 Å². The standard InChI is InChI=1S/C16H22N4O/c1-19(2)16-17-14-8-9-20(11-13(14)15(21)18-16)10-12-6-4-3-5-7-12/h3-7,13-14H,8-11H2,1-2H3,(H,17,18,21)/t13-,14-/m0/s1. The Bertz CT molecular complexity index is 540. The topological polar surface area (TPSA) is 47.9 Å². The van der Waals surface area contributed by atoms with E-state index in [-0.39, 0.29) is 17.9 Å². The minimum absolute atomic E-state index is 0.0221. The number of likely N-dealkylation sites (tertiary alicyclic amines) is 1. The fourth-order valence-corrected chi connectivity index (χ4v) is 3.02. The van der Waals surface area contributed by atoms with Crippen molar-refractivity contribution in [3.8, 4) is 0 Å². The average molecular weight is 286 g/mol. The first-order valence-electron chi connectivity index (χ1n) is 7.46. The van der Waals surface area contributed by atoms with E-state index in [1.807, 2.05) is 25.1 Å². The summed E-state index contributed by atoms with van der Waals surface area (Å²) in [6.07, 6.45) is 0.947. The molecular weight excluding hydrogens is 264 g/mol. The monoisotopic (exact) mass is 286 g/mol. The van der Waals surface area contributed by atoms with Crippen LogP contribution in [0, 0.1) is 5.92 Å². The third-order valence-corrected chi connectivity index (χ3v) is 4.19. The number of benzene rings is 1. The number of nitrogens with one attached hydrogen (secondary N) is 1. The molecule has 0 saturated carbocycles. The maximum atomic E-state index is 12.3. The van der Waals surface area contributed by atoms with E-state index in [0.717, 1.165) is 26.1 Å². The molecule has 2 atom stereocenters. The number of hydrogen-bond donors (Lipinski definition) is 1. The van der Waals surface area contributed by atoms with Gasteiger partial charge in [-0.2, -0.15) is 0 Å². The van der Waals surface area contributed by atoms with Crippen molar-refractivity contribution in [2.24, 2.45) is 10.9 Å². The predicted molar refractivity (Wildman–Crippen MR) is 82.9 cm³/mol. The fourth-order valence-electron chi connectivity index (χ4n) is 3.02. The first kappa shape index (κ1) is 14.1. The Kier molecular flexibility index (Phi) is 3.92. The van der Waals surface area contributed by atoms with Gasteiger partial charge >= 0.3 is 0 Å². The number of aliphatic imine (C=N–C) groups is 1. The van der Waals surface area contributed by atoms with Crippen molar-refractivity contribution in [3.63, 3.8) is 0 Å². The first-order chi connectivity index (χ1) is 10.1. The van der Waals surface area contributed by atoms with E-state index in [2.05, 4.69) is 39.5 Å². The van der Waals surface area contributed by atoms with Gasteiger partial charge in [0.05, 0.1) is 12.0 Å². The van der Waals surface area contributed by atoms with Gasteiger partial charge in [-0.3, -0.25) is 15.0 Å². The number of fused-ring (bicyclic) bond motifs is 1. The van der Waals surface area contributed by atoms with Crippen molar-refractivity contribution in [1.82, 2.24) is 15.1 Å². The summed E-state index contributed by atoms with van der Waals surface area (Å²) < 4.78 is 0. The third-order valence-electron chi connectivity index (χ3n) is 4.19. The number of hydrogen-bond acceptors (Lipinski definition) is 4. The van der Waals surface area contributed by atoms with Gasteiger partial charge in [0.15, 0.2) is 5.96 Å². The van der Waals surface area contributed by atoms with Crippen LogP contribution in [0.2, 0.25) is 0 Å². The number of carbonyl (C=O) groups is 1. The average Bonchev–Trinajstić information content (AvgIpc) is 2.48. The van der Waals surface area contributed by atoms with Crippen LogP contribution < -0.4 is 5.32 Å². The first-order valence-corrected chi connectivity index (χ1v) is 7.46. The molecule has 0 aliphatic carbocycles. The molecule has 1 saturated heterocycles. The minimum Gasteiger partial charge on any atom is -0.349 e. The highest BCUT2D eigenvalue weighted by atomic mass is 16.2. The lowest BCUT2D eigenvalue weighted by Crippen LogP contribution is -2.56. The molecule has 21 heavy (non-hydrogen) atoms. The predicted octanol–water partition coefficient (Wildman–Crippen LogP) is 0.924. The molecule has 1 aromatic carbocycles. The molecule has 5 heteroatoms. The molecule has 5 nitrogen and oxygen atoms in total. The second-order valence-corrected chi connectivity index (χ2v) is 6.02. The van der Waals surface area contributed by atoms with Gasteiger partial charge in [-0.05, 0) is 12.0 Å². The van der Waals surface area contributed by atoms with E-state index in [1.54, 1.807) is 0 Å². The largest absolute Gasteiger partial charge is 0.349 e. The van der Waals surface area contributed by atoms with Gasteiger partial charge < -0.3 is 4.90 Å². The molecule has 0 unspecified atom stereocenters. The lowest BCUT2D eigenvalue weighted by Gasteiger charge is -2.39. The van der Waals surface area contributed by atoms with Crippen molar-refractivity contribution in [2.75, 3.05) is 27.2 Å². The molecule has 1 N–H and O–H groups in total. The number of rotatable bonds is 2. The van der Waals surface area contributed by atoms with E-state index >= 15 is 0 Å². The summed E-state index contributed by atoms with van der Waals surface area (Å²) in [6, 6.07) is 10.5. The maximum Gasteiger partial charge on any atom is 0.233 e. The summed E-state index contributed by atoms with van der Waals surface area (Å²) >= 11 is 0. The smallest absolute Gasteiger partial charge is 0.233 e. The molecule has 1 fully saturated rings. The number of nitrogens with zero attached hydrogens (tertiary/aromatic N) is 3. The van der Waals surface area contributed by atoms with Crippen LogP contribution >= 0.6 is 0 Å². The molecule has 0 spiro atoms. The summed E-state index contributed by atoms with van der Waals surface area (Å²) in [6.45, 7) is 2.69. The Morgan fingerprint density at radius 1 is 1.33 bits per heavy atom. The molecule has 2 aliphatic rings. The van der Waals surface area contributed by atoms with Gasteiger partial charge in [0.2, 0.25) is 5.91 Å². The zero-order valence-corrected chi connectivity index (χ0v) is 12.6. The van der Waals surface area contributed by atoms with Crippen molar-refractivity contribution < 1.29 is 4.79 Å². The number of piperidine rings is 1. The third kappa shape index (κ3) is 3.08. The summed E-state index contributed by atoms with van der Waals surface area (Å²) in [5, 5.41) is 2.91. The van der Waals surface area contributed by atoms with Gasteiger partial charge in [-0.15, -0.1) is 0 Å². The molecule has 0 bridgehead atoms. The summed E-state index contributed by atoms with van der Waals surface area (Å²) in [5.74, 6) is 0.778. The number of amides is 1. The van der Waals surface area contributed by atoms with Crippen LogP contribution in [-0.2, 0) is 11.3 Å². The highest BCUT2D eigenvalue weighted by molar-refractivity contribution is 6.00. The van der Waals surface area contributed by atoms with E-state index in [1.165, 1.54) is 5.56 Å². The highest BCUT2D eigenvalue weighted by Gasteiger charge is 2.38. The number of carbonyl (C=O) groups excluding carboxylic acids is 1. The molecule has 3 rings (SSSR count). The molecule has 0 radical (unpaired) electrons. The molecule has 0 aromatic heterocycles. The molecule has 1 aromatic rings. The van der Waals surface area contributed by atoms with Gasteiger partial charge in [-0.1, -0.05) is 30.3 Å². The molecule has 1 amide bonds. The fraction of sp³-hybridized carbons (Fsp3) is 0.500. The summed E-state index contributed by atoms with van der Waals surface area (Å²) in [7, 11) is 3.81. The van der Waals surface area contributed by atoms with Crippen LogP contribution in [-0.4, -0.2) is 54.9 Å². The second kappa shape index (κ2) is 5.85. The quantitative estimate of drug-likeness (QED) is 0.879. The summed E-state index contributed by atoms with van der Waals surface area (Å²) in [4.78, 5) is 21.2. The number of guanidine groups is 1. The zero-order valence-electron chi connectivity index (χ0n) is 12.6. The Morgan fingerprint density at radius 3 is 2.81 bits per heavy atom. The van der Waals surface area contributed by atoms with Gasteiger partial charge in [-0.25, -0.2) is 4.99 Å². The molecular formula is C16H22N4O. The van der Waals surface area contributed by atoms with Crippen LogP contribution in [0.3, 0.4) is 0 Å². The normalized spacial score (nSPS) is 25.8. The zero-order chi connectivity index (χ0) is 14.8. The lowest BCUT2D eigenvalue weighted by molar-refractivity contribution is -0.126. The minimum atomic E-state index is -0.0221. The highest BCUT2D eigenvalue weighted by Crippen LogP contribution is 2.24. The Balaban J connectivity index is 1.68. The molecule has 112 valence electrons. The van der Waals surface area contributed by atoms with Crippen molar-refractivity contribution >= 4 is 11.9 Å². The van der Waals surface area contributed by atoms with E-state index in [0.29, 0.717) is 5.96 Å². The van der Waals surface area contributed by atoms with Crippen LogP contribution in [0.1, 0.15) is 12.0 Å². The summed E-state index contributed by atoms with van der Waals surface area (Å²) in [5.41, 5.74) is 1.30. The van der Waals surface area contributed by atoms with Crippen LogP contribution in [0.15, 0.2) is 35.3 Å². The Hall–Kier alpha value is -1.88. The van der Waals surface area contributed by atoms with Crippen molar-refractivity contribution in [2.45, 2.75) is 19.0 Å².